The molecule has 6 nitrogen and oxygen atoms in total. The Morgan fingerprint density at radius 1 is 1.48 bits per heavy atom. The molecule has 2 N–H and O–H groups in total. The van der Waals surface area contributed by atoms with Gasteiger partial charge in [-0.1, -0.05) is 11.6 Å². The van der Waals surface area contributed by atoms with Gasteiger partial charge in [0.05, 0.1) is 17.9 Å². The Balaban J connectivity index is 2.05. The van der Waals surface area contributed by atoms with Crippen LogP contribution in [-0.2, 0) is 4.74 Å². The lowest BCUT2D eigenvalue weighted by atomic mass is 10.1. The Morgan fingerprint density at radius 2 is 2.24 bits per heavy atom. The number of hydrogen-bond acceptors (Lipinski definition) is 3. The molecular formula is C15H20N2O4. The summed E-state index contributed by atoms with van der Waals surface area (Å²) in [6.45, 7) is 3.74. The number of anilines is 1. The van der Waals surface area contributed by atoms with Crippen molar-refractivity contribution in [3.63, 3.8) is 0 Å². The van der Waals surface area contributed by atoms with Crippen molar-refractivity contribution >= 4 is 17.7 Å². The van der Waals surface area contributed by atoms with Crippen molar-refractivity contribution < 1.29 is 19.4 Å². The average Bonchev–Trinajstić information content (AvgIpc) is 2.89. The van der Waals surface area contributed by atoms with Gasteiger partial charge in [0.2, 0.25) is 0 Å². The number of nitrogens with zero attached hydrogens (tertiary/aromatic N) is 1. The third-order valence-corrected chi connectivity index (χ3v) is 3.62. The minimum absolute atomic E-state index is 0.107. The minimum Gasteiger partial charge on any atom is -0.478 e. The summed E-state index contributed by atoms with van der Waals surface area (Å²) in [7, 11) is 1.65. The van der Waals surface area contributed by atoms with Crippen LogP contribution < -0.4 is 5.32 Å². The van der Waals surface area contributed by atoms with Crippen LogP contribution in [-0.4, -0.2) is 48.8 Å². The number of carbonyl (C=O) groups is 2. The maximum Gasteiger partial charge on any atom is 0.337 e. The van der Waals surface area contributed by atoms with Crippen molar-refractivity contribution in [1.82, 2.24) is 4.90 Å². The van der Waals surface area contributed by atoms with Crippen LogP contribution in [0.1, 0.15) is 22.3 Å². The highest BCUT2D eigenvalue weighted by Crippen LogP contribution is 2.21. The van der Waals surface area contributed by atoms with E-state index in [0.29, 0.717) is 31.3 Å². The molecule has 1 aliphatic rings. The first-order chi connectivity index (χ1) is 10.0. The van der Waals surface area contributed by atoms with Crippen LogP contribution >= 0.6 is 0 Å². The summed E-state index contributed by atoms with van der Waals surface area (Å²) in [6, 6.07) is 4.69. The molecule has 2 rings (SSSR count). The van der Waals surface area contributed by atoms with E-state index in [0.717, 1.165) is 12.0 Å². The van der Waals surface area contributed by atoms with Crippen LogP contribution in [0.5, 0.6) is 0 Å². The number of amides is 2. The number of ether oxygens (including phenoxy) is 1. The number of methoxy groups -OCH3 is 1. The van der Waals surface area contributed by atoms with E-state index in [1.54, 1.807) is 30.2 Å². The van der Waals surface area contributed by atoms with Gasteiger partial charge in [-0.05, 0) is 25.5 Å². The van der Waals surface area contributed by atoms with Crippen LogP contribution in [0.2, 0.25) is 0 Å². The van der Waals surface area contributed by atoms with Gasteiger partial charge in [-0.3, -0.25) is 0 Å². The van der Waals surface area contributed by atoms with Gasteiger partial charge in [0.1, 0.15) is 0 Å². The molecule has 0 spiro atoms. The molecular weight excluding hydrogens is 272 g/mol. The first kappa shape index (κ1) is 15.3. The number of nitrogens with one attached hydrogen (secondary N) is 1. The number of carboxylic acid groups (broad SMARTS) is 1. The van der Waals surface area contributed by atoms with Gasteiger partial charge in [-0.25, -0.2) is 9.59 Å². The van der Waals surface area contributed by atoms with Crippen LogP contribution in [0.3, 0.4) is 0 Å². The number of rotatable bonds is 4. The molecule has 0 radical (unpaired) electrons. The first-order valence-corrected chi connectivity index (χ1v) is 6.90. The van der Waals surface area contributed by atoms with Crippen molar-refractivity contribution in [2.45, 2.75) is 13.3 Å². The first-order valence-electron chi connectivity index (χ1n) is 6.90. The Labute approximate surface area is 123 Å². The molecule has 2 amide bonds. The van der Waals surface area contributed by atoms with Gasteiger partial charge < -0.3 is 20.1 Å². The third kappa shape index (κ3) is 3.72. The molecule has 0 saturated carbocycles. The topological polar surface area (TPSA) is 78.9 Å². The number of aryl methyl sites for hydroxylation is 1. The number of urea groups is 1. The van der Waals surface area contributed by atoms with E-state index in [2.05, 4.69) is 5.32 Å². The highest BCUT2D eigenvalue weighted by atomic mass is 16.5. The number of likely N-dealkylation sites (tertiary alicyclic amines) is 1. The number of carbonyl (C=O) groups excluding carboxylic acids is 1. The lowest BCUT2D eigenvalue weighted by Gasteiger charge is -2.18. The van der Waals surface area contributed by atoms with Gasteiger partial charge in [-0.2, -0.15) is 0 Å². The van der Waals surface area contributed by atoms with E-state index in [9.17, 15) is 14.7 Å². The Morgan fingerprint density at radius 3 is 2.90 bits per heavy atom. The quantitative estimate of drug-likeness (QED) is 0.891. The molecule has 1 aromatic carbocycles. The molecule has 114 valence electrons. The molecule has 1 aromatic rings. The maximum atomic E-state index is 12.2. The maximum absolute atomic E-state index is 12.2. The van der Waals surface area contributed by atoms with E-state index in [1.165, 1.54) is 0 Å². The van der Waals surface area contributed by atoms with Crippen molar-refractivity contribution in [1.29, 1.82) is 0 Å². The molecule has 0 aromatic heterocycles. The van der Waals surface area contributed by atoms with Gasteiger partial charge >= 0.3 is 12.0 Å². The van der Waals surface area contributed by atoms with Gasteiger partial charge in [-0.15, -0.1) is 0 Å². The molecule has 0 bridgehead atoms. The Hall–Kier alpha value is -2.08. The second-order valence-electron chi connectivity index (χ2n) is 5.34. The highest BCUT2D eigenvalue weighted by molar-refractivity contribution is 6.00. The number of aromatic carboxylic acids is 1. The Kier molecular flexibility index (Phi) is 4.80. The molecule has 1 heterocycles. The molecule has 1 fully saturated rings. The van der Waals surface area contributed by atoms with E-state index in [1.807, 2.05) is 6.92 Å². The average molecular weight is 292 g/mol. The normalized spacial score (nSPS) is 17.8. The summed E-state index contributed by atoms with van der Waals surface area (Å²) in [5, 5.41) is 11.9. The summed E-state index contributed by atoms with van der Waals surface area (Å²) in [4.78, 5) is 25.1. The highest BCUT2D eigenvalue weighted by Gasteiger charge is 2.26. The zero-order chi connectivity index (χ0) is 15.4. The van der Waals surface area contributed by atoms with Crippen LogP contribution in [0.4, 0.5) is 10.5 Å². The summed E-state index contributed by atoms with van der Waals surface area (Å²) >= 11 is 0. The van der Waals surface area contributed by atoms with Gasteiger partial charge in [0.15, 0.2) is 0 Å². The molecule has 6 heteroatoms. The summed E-state index contributed by atoms with van der Waals surface area (Å²) in [5.41, 5.74) is 1.27. The lowest BCUT2D eigenvalue weighted by molar-refractivity contribution is 0.0698. The fraction of sp³-hybridized carbons (Fsp3) is 0.467. The second kappa shape index (κ2) is 6.58. The molecule has 0 aliphatic carbocycles. The van der Waals surface area contributed by atoms with Crippen LogP contribution in [0.25, 0.3) is 0 Å². The van der Waals surface area contributed by atoms with Crippen molar-refractivity contribution in [2.24, 2.45) is 5.92 Å². The van der Waals surface area contributed by atoms with E-state index >= 15 is 0 Å². The number of benzene rings is 1. The molecule has 1 saturated heterocycles. The molecule has 1 atom stereocenters. The SMILES string of the molecule is COCC1CCN(C(=O)Nc2ccc(C)cc2C(=O)O)C1. The molecule has 1 aliphatic heterocycles. The summed E-state index contributed by atoms with van der Waals surface area (Å²) in [5.74, 6) is -0.703. The standard InChI is InChI=1S/C15H20N2O4/c1-10-3-4-13(12(7-10)14(18)19)16-15(20)17-6-5-11(8-17)9-21-2/h3-4,7,11H,5-6,8-9H2,1-2H3,(H,16,20)(H,18,19). The monoisotopic (exact) mass is 292 g/mol. The smallest absolute Gasteiger partial charge is 0.337 e. The zero-order valence-electron chi connectivity index (χ0n) is 12.3. The fourth-order valence-corrected chi connectivity index (χ4v) is 2.53. The number of carboxylic acids is 1. The predicted molar refractivity (Wildman–Crippen MR) is 78.7 cm³/mol. The van der Waals surface area contributed by atoms with Gasteiger partial charge in [0.25, 0.3) is 0 Å². The summed E-state index contributed by atoms with van der Waals surface area (Å²) in [6.07, 6.45) is 0.904. The zero-order valence-corrected chi connectivity index (χ0v) is 12.3. The largest absolute Gasteiger partial charge is 0.478 e. The van der Waals surface area contributed by atoms with Crippen molar-refractivity contribution in [2.75, 3.05) is 32.1 Å². The molecule has 1 unspecified atom stereocenters. The van der Waals surface area contributed by atoms with E-state index in [-0.39, 0.29) is 11.6 Å². The summed E-state index contributed by atoms with van der Waals surface area (Å²) < 4.78 is 5.10. The second-order valence-corrected chi connectivity index (χ2v) is 5.34. The predicted octanol–water partition coefficient (Wildman–Crippen LogP) is 2.19. The van der Waals surface area contributed by atoms with E-state index < -0.39 is 5.97 Å². The van der Waals surface area contributed by atoms with Crippen molar-refractivity contribution in [3.8, 4) is 0 Å². The van der Waals surface area contributed by atoms with Gasteiger partial charge in [0, 0.05) is 26.1 Å². The van der Waals surface area contributed by atoms with Crippen LogP contribution in [0.15, 0.2) is 18.2 Å². The van der Waals surface area contributed by atoms with Crippen molar-refractivity contribution in [3.05, 3.63) is 29.3 Å². The van der Waals surface area contributed by atoms with Crippen LogP contribution in [0, 0.1) is 12.8 Å². The minimum atomic E-state index is -1.05. The Bertz CT molecular complexity index is 544. The van der Waals surface area contributed by atoms with E-state index in [4.69, 9.17) is 4.74 Å². The fourth-order valence-electron chi connectivity index (χ4n) is 2.53. The molecule has 21 heavy (non-hydrogen) atoms. The lowest BCUT2D eigenvalue weighted by Crippen LogP contribution is -2.33. The third-order valence-electron chi connectivity index (χ3n) is 3.62. The number of hydrogen-bond donors (Lipinski definition) is 2.